The van der Waals surface area contributed by atoms with E-state index in [0.29, 0.717) is 5.92 Å². The fourth-order valence-corrected chi connectivity index (χ4v) is 1.75. The second-order valence-corrected chi connectivity index (χ2v) is 4.21. The molecule has 1 saturated carbocycles. The van der Waals surface area contributed by atoms with Crippen molar-refractivity contribution in [3.05, 3.63) is 29.6 Å². The Hall–Kier alpha value is -0.890. The van der Waals surface area contributed by atoms with Gasteiger partial charge >= 0.3 is 0 Å². The number of hydrogen-bond acceptors (Lipinski definition) is 2. The van der Waals surface area contributed by atoms with E-state index >= 15 is 0 Å². The quantitative estimate of drug-likeness (QED) is 0.790. The van der Waals surface area contributed by atoms with Crippen molar-refractivity contribution < 1.29 is 5.11 Å². The maximum atomic E-state index is 9.69. The Morgan fingerprint density at radius 3 is 2.93 bits per heavy atom. The van der Waals surface area contributed by atoms with Gasteiger partial charge in [-0.2, -0.15) is 0 Å². The highest BCUT2D eigenvalue weighted by atomic mass is 16.3. The van der Waals surface area contributed by atoms with Gasteiger partial charge < -0.3 is 5.11 Å². The highest BCUT2D eigenvalue weighted by Crippen LogP contribution is 2.34. The Morgan fingerprint density at radius 2 is 2.29 bits per heavy atom. The molecule has 1 unspecified atom stereocenters. The minimum Gasteiger partial charge on any atom is -0.393 e. The molecule has 2 heteroatoms. The summed E-state index contributed by atoms with van der Waals surface area (Å²) in [5.74, 6) is 0.583. The normalized spacial score (nSPS) is 18.1. The van der Waals surface area contributed by atoms with Crippen molar-refractivity contribution in [2.75, 3.05) is 0 Å². The van der Waals surface area contributed by atoms with Crippen LogP contribution in [0.3, 0.4) is 0 Å². The first-order valence-corrected chi connectivity index (χ1v) is 5.36. The molecule has 0 radical (unpaired) electrons. The zero-order valence-corrected chi connectivity index (χ0v) is 8.61. The number of aliphatic hydroxyl groups excluding tert-OH is 1. The van der Waals surface area contributed by atoms with Crippen LogP contribution < -0.4 is 0 Å². The van der Waals surface area contributed by atoms with Crippen molar-refractivity contribution in [3.63, 3.8) is 0 Å². The summed E-state index contributed by atoms with van der Waals surface area (Å²) in [5.41, 5.74) is 2.16. The molecular formula is C12H17NO. The Morgan fingerprint density at radius 1 is 1.50 bits per heavy atom. The van der Waals surface area contributed by atoms with Crippen LogP contribution in [-0.4, -0.2) is 16.2 Å². The average Bonchev–Trinajstić information content (AvgIpc) is 2.97. The lowest BCUT2D eigenvalue weighted by atomic mass is 10.1. The maximum Gasteiger partial charge on any atom is 0.0572 e. The molecule has 76 valence electrons. The average molecular weight is 191 g/mol. The van der Waals surface area contributed by atoms with Crippen molar-refractivity contribution in [3.8, 4) is 0 Å². The summed E-state index contributed by atoms with van der Waals surface area (Å²) in [6.45, 7) is 2.00. The van der Waals surface area contributed by atoms with Gasteiger partial charge in [0, 0.05) is 11.4 Å². The SMILES string of the molecule is Cc1cccc(CCC(O)C2CC2)n1. The minimum atomic E-state index is -0.0997. The summed E-state index contributed by atoms with van der Waals surface area (Å²) in [6, 6.07) is 6.06. The van der Waals surface area contributed by atoms with Gasteiger partial charge in [0.25, 0.3) is 0 Å². The molecule has 1 aliphatic rings. The molecule has 0 amide bonds. The standard InChI is InChI=1S/C12H17NO/c1-9-3-2-4-11(13-9)7-8-12(14)10-5-6-10/h2-4,10,12,14H,5-8H2,1H3. The number of nitrogens with zero attached hydrogens (tertiary/aromatic N) is 1. The predicted molar refractivity (Wildman–Crippen MR) is 56.0 cm³/mol. The van der Waals surface area contributed by atoms with E-state index < -0.39 is 0 Å². The largest absolute Gasteiger partial charge is 0.393 e. The molecule has 1 aromatic heterocycles. The molecule has 0 bridgehead atoms. The number of pyridine rings is 1. The molecule has 1 aliphatic carbocycles. The van der Waals surface area contributed by atoms with Crippen LogP contribution in [0.4, 0.5) is 0 Å². The van der Waals surface area contributed by atoms with Crippen molar-refractivity contribution in [2.45, 2.75) is 38.7 Å². The lowest BCUT2D eigenvalue weighted by molar-refractivity contribution is 0.141. The zero-order chi connectivity index (χ0) is 9.97. The summed E-state index contributed by atoms with van der Waals surface area (Å²) < 4.78 is 0. The van der Waals surface area contributed by atoms with Crippen LogP contribution in [0, 0.1) is 12.8 Å². The molecule has 14 heavy (non-hydrogen) atoms. The van der Waals surface area contributed by atoms with E-state index in [4.69, 9.17) is 0 Å². The predicted octanol–water partition coefficient (Wildman–Crippen LogP) is 2.09. The molecule has 1 heterocycles. The van der Waals surface area contributed by atoms with E-state index in [1.807, 2.05) is 25.1 Å². The van der Waals surface area contributed by atoms with Gasteiger partial charge in [-0.1, -0.05) is 6.07 Å². The molecule has 1 N–H and O–H groups in total. The second-order valence-electron chi connectivity index (χ2n) is 4.21. The van der Waals surface area contributed by atoms with Gasteiger partial charge in [-0.25, -0.2) is 0 Å². The molecule has 0 aromatic carbocycles. The van der Waals surface area contributed by atoms with Crippen molar-refractivity contribution in [1.82, 2.24) is 4.98 Å². The lowest BCUT2D eigenvalue weighted by Crippen LogP contribution is -2.10. The molecule has 1 atom stereocenters. The summed E-state index contributed by atoms with van der Waals surface area (Å²) >= 11 is 0. The van der Waals surface area contributed by atoms with Gasteiger partial charge in [-0.15, -0.1) is 0 Å². The van der Waals surface area contributed by atoms with Gasteiger partial charge in [0.15, 0.2) is 0 Å². The Balaban J connectivity index is 1.84. The fourth-order valence-electron chi connectivity index (χ4n) is 1.75. The number of aromatic nitrogens is 1. The number of hydrogen-bond donors (Lipinski definition) is 1. The van der Waals surface area contributed by atoms with Gasteiger partial charge in [-0.05, 0) is 50.7 Å². The molecular weight excluding hydrogens is 174 g/mol. The monoisotopic (exact) mass is 191 g/mol. The highest BCUT2D eigenvalue weighted by Gasteiger charge is 2.29. The third kappa shape index (κ3) is 2.55. The van der Waals surface area contributed by atoms with Crippen molar-refractivity contribution in [2.24, 2.45) is 5.92 Å². The zero-order valence-electron chi connectivity index (χ0n) is 8.61. The van der Waals surface area contributed by atoms with Crippen molar-refractivity contribution in [1.29, 1.82) is 0 Å². The van der Waals surface area contributed by atoms with Gasteiger partial charge in [0.2, 0.25) is 0 Å². The van der Waals surface area contributed by atoms with Crippen molar-refractivity contribution >= 4 is 0 Å². The van der Waals surface area contributed by atoms with Gasteiger partial charge in [-0.3, -0.25) is 4.98 Å². The van der Waals surface area contributed by atoms with Crippen LogP contribution in [0.25, 0.3) is 0 Å². The Bertz CT molecular complexity index is 307. The second kappa shape index (κ2) is 4.09. The third-order valence-corrected chi connectivity index (χ3v) is 2.81. The number of rotatable bonds is 4. The topological polar surface area (TPSA) is 33.1 Å². The van der Waals surface area contributed by atoms with Crippen LogP contribution in [0.1, 0.15) is 30.7 Å². The van der Waals surface area contributed by atoms with E-state index in [1.165, 1.54) is 12.8 Å². The van der Waals surface area contributed by atoms with Crippen LogP contribution >= 0.6 is 0 Å². The molecule has 1 fully saturated rings. The first-order chi connectivity index (χ1) is 6.75. The highest BCUT2D eigenvalue weighted by molar-refractivity contribution is 5.10. The summed E-state index contributed by atoms with van der Waals surface area (Å²) in [6.07, 6.45) is 4.09. The van der Waals surface area contributed by atoms with Gasteiger partial charge in [0.05, 0.1) is 6.10 Å². The molecule has 0 aliphatic heterocycles. The van der Waals surface area contributed by atoms with Gasteiger partial charge in [0.1, 0.15) is 0 Å². The molecule has 2 nitrogen and oxygen atoms in total. The Labute approximate surface area is 85.0 Å². The number of aliphatic hydroxyl groups is 1. The summed E-state index contributed by atoms with van der Waals surface area (Å²) in [5, 5.41) is 9.69. The maximum absolute atomic E-state index is 9.69. The smallest absolute Gasteiger partial charge is 0.0572 e. The fraction of sp³-hybridized carbons (Fsp3) is 0.583. The van der Waals surface area contributed by atoms with E-state index in [0.717, 1.165) is 24.2 Å². The summed E-state index contributed by atoms with van der Waals surface area (Å²) in [7, 11) is 0. The first-order valence-electron chi connectivity index (χ1n) is 5.36. The lowest BCUT2D eigenvalue weighted by Gasteiger charge is -2.08. The van der Waals surface area contributed by atoms with E-state index in [9.17, 15) is 5.11 Å². The summed E-state index contributed by atoms with van der Waals surface area (Å²) in [4.78, 5) is 4.41. The van der Waals surface area contributed by atoms with Crippen LogP contribution in [0.15, 0.2) is 18.2 Å². The molecule has 2 rings (SSSR count). The molecule has 1 aromatic rings. The number of aryl methyl sites for hydroxylation is 2. The third-order valence-electron chi connectivity index (χ3n) is 2.81. The van der Waals surface area contributed by atoms with Crippen LogP contribution in [0.5, 0.6) is 0 Å². The van der Waals surface area contributed by atoms with E-state index in [1.54, 1.807) is 0 Å². The Kier molecular flexibility index (Phi) is 2.82. The first kappa shape index (κ1) is 9.66. The minimum absolute atomic E-state index is 0.0997. The van der Waals surface area contributed by atoms with E-state index in [2.05, 4.69) is 4.98 Å². The van der Waals surface area contributed by atoms with Crippen LogP contribution in [-0.2, 0) is 6.42 Å². The van der Waals surface area contributed by atoms with Crippen LogP contribution in [0.2, 0.25) is 0 Å². The van der Waals surface area contributed by atoms with E-state index in [-0.39, 0.29) is 6.10 Å². The molecule has 0 saturated heterocycles. The molecule has 0 spiro atoms.